The van der Waals surface area contributed by atoms with Crippen LogP contribution in [0.15, 0.2) is 30.3 Å². The van der Waals surface area contributed by atoms with Crippen molar-refractivity contribution >= 4 is 6.09 Å². The second kappa shape index (κ2) is 9.37. The number of nitrogens with two attached hydrogens (primary N) is 1. The van der Waals surface area contributed by atoms with Gasteiger partial charge in [-0.25, -0.2) is 4.79 Å². The van der Waals surface area contributed by atoms with E-state index in [1.807, 2.05) is 44.2 Å². The van der Waals surface area contributed by atoms with E-state index >= 15 is 0 Å². The zero-order chi connectivity index (χ0) is 15.7. The number of ether oxygens (including phenoxy) is 1. The number of alkyl carbamates (subject to hydrolysis) is 1. The van der Waals surface area contributed by atoms with Crippen molar-refractivity contribution in [1.82, 2.24) is 5.32 Å². The number of benzene rings is 1. The molecule has 1 amide bonds. The molecule has 118 valence electrons. The molecule has 2 unspecified atom stereocenters. The van der Waals surface area contributed by atoms with Crippen molar-refractivity contribution in [2.45, 2.75) is 51.4 Å². The number of amides is 1. The van der Waals surface area contributed by atoms with Gasteiger partial charge in [-0.15, -0.1) is 0 Å². The molecule has 0 aliphatic heterocycles. The minimum Gasteiger partial charge on any atom is -0.446 e. The molecule has 0 aromatic heterocycles. The average Bonchev–Trinajstić information content (AvgIpc) is 2.52. The molecular weight excluding hydrogens is 268 g/mol. The molecule has 0 saturated carbocycles. The molecule has 21 heavy (non-hydrogen) atoms. The maximum atomic E-state index is 11.9. The van der Waals surface area contributed by atoms with Crippen molar-refractivity contribution in [2.75, 3.05) is 6.54 Å². The number of hydrogen-bond acceptors (Lipinski definition) is 4. The van der Waals surface area contributed by atoms with E-state index in [2.05, 4.69) is 5.32 Å². The third kappa shape index (κ3) is 6.14. The third-order valence-corrected chi connectivity index (χ3v) is 3.49. The van der Waals surface area contributed by atoms with Gasteiger partial charge < -0.3 is 20.9 Å². The maximum Gasteiger partial charge on any atom is 0.407 e. The van der Waals surface area contributed by atoms with Crippen molar-refractivity contribution in [3.8, 4) is 0 Å². The molecule has 0 fully saturated rings. The van der Waals surface area contributed by atoms with Gasteiger partial charge in [-0.05, 0) is 24.8 Å². The zero-order valence-electron chi connectivity index (χ0n) is 12.8. The fraction of sp³-hybridized carbons (Fsp3) is 0.562. The summed E-state index contributed by atoms with van der Waals surface area (Å²) in [5, 5.41) is 12.7. The molecule has 0 bridgehead atoms. The summed E-state index contributed by atoms with van der Waals surface area (Å²) in [6.45, 7) is 4.03. The highest BCUT2D eigenvalue weighted by molar-refractivity contribution is 5.68. The molecule has 5 nitrogen and oxygen atoms in total. The molecule has 1 rings (SSSR count). The lowest BCUT2D eigenvalue weighted by molar-refractivity contribution is 0.0762. The second-order valence-corrected chi connectivity index (χ2v) is 5.09. The summed E-state index contributed by atoms with van der Waals surface area (Å²) in [5.41, 5.74) is 6.54. The summed E-state index contributed by atoms with van der Waals surface area (Å²) in [4.78, 5) is 11.9. The largest absolute Gasteiger partial charge is 0.446 e. The maximum absolute atomic E-state index is 11.9. The topological polar surface area (TPSA) is 84.6 Å². The summed E-state index contributed by atoms with van der Waals surface area (Å²) < 4.78 is 5.31. The lowest BCUT2D eigenvalue weighted by Crippen LogP contribution is -2.48. The number of aliphatic hydroxyl groups excluding tert-OH is 1. The lowest BCUT2D eigenvalue weighted by atomic mass is 10.0. The molecule has 0 radical (unpaired) electrons. The summed E-state index contributed by atoms with van der Waals surface area (Å²) in [5.74, 6) is 0. The number of nitrogens with one attached hydrogen (secondary N) is 1. The monoisotopic (exact) mass is 294 g/mol. The summed E-state index contributed by atoms with van der Waals surface area (Å²) in [6.07, 6.45) is 0.644. The molecule has 1 aromatic rings. The van der Waals surface area contributed by atoms with E-state index in [0.29, 0.717) is 6.42 Å². The van der Waals surface area contributed by atoms with Crippen LogP contribution in [0.3, 0.4) is 0 Å². The Kier molecular flexibility index (Phi) is 7.79. The molecule has 1 aromatic carbocycles. The van der Waals surface area contributed by atoms with Gasteiger partial charge in [0.15, 0.2) is 0 Å². The van der Waals surface area contributed by atoms with Crippen LogP contribution in [0.5, 0.6) is 0 Å². The van der Waals surface area contributed by atoms with Crippen molar-refractivity contribution in [3.63, 3.8) is 0 Å². The molecule has 0 aliphatic carbocycles. The van der Waals surface area contributed by atoms with Gasteiger partial charge in [-0.2, -0.15) is 0 Å². The van der Waals surface area contributed by atoms with Crippen LogP contribution in [0, 0.1) is 0 Å². The van der Waals surface area contributed by atoms with Crippen molar-refractivity contribution < 1.29 is 14.6 Å². The molecule has 2 atom stereocenters. The predicted molar refractivity (Wildman–Crippen MR) is 83.0 cm³/mol. The highest BCUT2D eigenvalue weighted by Crippen LogP contribution is 2.08. The fourth-order valence-corrected chi connectivity index (χ4v) is 2.11. The van der Waals surface area contributed by atoms with Gasteiger partial charge in [0.05, 0.1) is 12.1 Å². The first-order valence-corrected chi connectivity index (χ1v) is 7.49. The van der Waals surface area contributed by atoms with Crippen LogP contribution in [0.1, 0.15) is 32.3 Å². The Bertz CT molecular complexity index is 407. The molecule has 0 saturated heterocycles. The zero-order valence-corrected chi connectivity index (χ0v) is 12.8. The Labute approximate surface area is 126 Å². The number of hydrogen-bond donors (Lipinski definition) is 3. The van der Waals surface area contributed by atoms with Crippen LogP contribution in [0.25, 0.3) is 0 Å². The van der Waals surface area contributed by atoms with E-state index in [4.69, 9.17) is 10.5 Å². The fourth-order valence-electron chi connectivity index (χ4n) is 2.11. The lowest BCUT2D eigenvalue weighted by Gasteiger charge is -2.24. The predicted octanol–water partition coefficient (Wildman–Crippen LogP) is 1.83. The number of carbonyl (C=O) groups excluding carboxylic acids is 1. The van der Waals surface area contributed by atoms with Crippen LogP contribution in [0.2, 0.25) is 0 Å². The second-order valence-electron chi connectivity index (χ2n) is 5.09. The standard InChI is InChI=1S/C16H26N2O3/c1-3-13(4-2)21-16(20)18-14(15(19)11-17)10-12-8-6-5-7-9-12/h5-9,13-15,19H,3-4,10-11,17H2,1-2H3,(H,18,20). The van der Waals surface area contributed by atoms with Gasteiger partial charge >= 0.3 is 6.09 Å². The van der Waals surface area contributed by atoms with Gasteiger partial charge in [-0.3, -0.25) is 0 Å². The molecule has 0 heterocycles. The highest BCUT2D eigenvalue weighted by Gasteiger charge is 2.22. The Hall–Kier alpha value is -1.59. The summed E-state index contributed by atoms with van der Waals surface area (Å²) >= 11 is 0. The first-order chi connectivity index (χ1) is 10.1. The van der Waals surface area contributed by atoms with Crippen LogP contribution >= 0.6 is 0 Å². The third-order valence-electron chi connectivity index (χ3n) is 3.49. The van der Waals surface area contributed by atoms with E-state index < -0.39 is 18.2 Å². The minimum absolute atomic E-state index is 0.0861. The van der Waals surface area contributed by atoms with Gasteiger partial charge in [0.1, 0.15) is 6.10 Å². The van der Waals surface area contributed by atoms with E-state index in [0.717, 1.165) is 18.4 Å². The van der Waals surface area contributed by atoms with Crippen LogP contribution in [-0.4, -0.2) is 36.0 Å². The van der Waals surface area contributed by atoms with E-state index in [9.17, 15) is 9.90 Å². The molecule has 0 spiro atoms. The van der Waals surface area contributed by atoms with Crippen molar-refractivity contribution in [1.29, 1.82) is 0 Å². The smallest absolute Gasteiger partial charge is 0.407 e. The molecule has 5 heteroatoms. The quantitative estimate of drug-likeness (QED) is 0.683. The van der Waals surface area contributed by atoms with Gasteiger partial charge in [0.2, 0.25) is 0 Å². The minimum atomic E-state index is -0.806. The van der Waals surface area contributed by atoms with Gasteiger partial charge in [-0.1, -0.05) is 44.2 Å². The van der Waals surface area contributed by atoms with Crippen LogP contribution in [0.4, 0.5) is 4.79 Å². The molecule has 0 aliphatic rings. The van der Waals surface area contributed by atoms with E-state index in [1.165, 1.54) is 0 Å². The normalized spacial score (nSPS) is 13.8. The Morgan fingerprint density at radius 3 is 2.43 bits per heavy atom. The summed E-state index contributed by atoms with van der Waals surface area (Å²) in [7, 11) is 0. The Morgan fingerprint density at radius 2 is 1.90 bits per heavy atom. The first-order valence-electron chi connectivity index (χ1n) is 7.49. The molecule has 4 N–H and O–H groups in total. The number of carbonyl (C=O) groups is 1. The first kappa shape index (κ1) is 17.5. The van der Waals surface area contributed by atoms with Crippen molar-refractivity contribution in [3.05, 3.63) is 35.9 Å². The van der Waals surface area contributed by atoms with E-state index in [1.54, 1.807) is 0 Å². The highest BCUT2D eigenvalue weighted by atomic mass is 16.6. The van der Waals surface area contributed by atoms with Crippen LogP contribution < -0.4 is 11.1 Å². The Morgan fingerprint density at radius 1 is 1.29 bits per heavy atom. The van der Waals surface area contributed by atoms with Gasteiger partial charge in [0.25, 0.3) is 0 Å². The van der Waals surface area contributed by atoms with Crippen molar-refractivity contribution in [2.24, 2.45) is 5.73 Å². The van der Waals surface area contributed by atoms with Crippen LogP contribution in [-0.2, 0) is 11.2 Å². The number of aliphatic hydroxyl groups is 1. The van der Waals surface area contributed by atoms with E-state index in [-0.39, 0.29) is 12.6 Å². The average molecular weight is 294 g/mol. The van der Waals surface area contributed by atoms with Gasteiger partial charge in [0, 0.05) is 6.54 Å². The number of rotatable bonds is 8. The Balaban J connectivity index is 2.64. The SMILES string of the molecule is CCC(CC)OC(=O)NC(Cc1ccccc1)C(O)CN. The summed E-state index contributed by atoms with van der Waals surface area (Å²) in [6, 6.07) is 9.20. The molecular formula is C16H26N2O3.